The van der Waals surface area contributed by atoms with Crippen molar-refractivity contribution in [2.24, 2.45) is 5.92 Å². The molecule has 1 heterocycles. The lowest BCUT2D eigenvalue weighted by atomic mass is 10.1. The third-order valence-electron chi connectivity index (χ3n) is 3.70. The van der Waals surface area contributed by atoms with Crippen LogP contribution in [0.2, 0.25) is 0 Å². The van der Waals surface area contributed by atoms with Crippen molar-refractivity contribution in [2.75, 3.05) is 6.61 Å². The minimum atomic E-state index is 0.467. The molecule has 0 aliphatic rings. The molecule has 0 N–H and O–H groups in total. The zero-order valence-electron chi connectivity index (χ0n) is 14.2. The standard InChI is InChI=1S/C18H25N3O2/c1-14(2)12-17-16(13-22)19-20-21(17)10-6-7-11-23-18-9-5-4-8-15(18)3/h4-5,8-9,13-14H,6-7,10-12H2,1-3H3. The van der Waals surface area contributed by atoms with Gasteiger partial charge in [-0.2, -0.15) is 0 Å². The molecular formula is C18H25N3O2. The first-order valence-electron chi connectivity index (χ1n) is 8.17. The predicted octanol–water partition coefficient (Wildman–Crippen LogP) is 3.46. The van der Waals surface area contributed by atoms with Crippen LogP contribution in [0.1, 0.15) is 48.4 Å². The molecule has 0 radical (unpaired) electrons. The molecule has 23 heavy (non-hydrogen) atoms. The molecule has 0 saturated heterocycles. The highest BCUT2D eigenvalue weighted by Crippen LogP contribution is 2.16. The van der Waals surface area contributed by atoms with E-state index in [0.717, 1.165) is 49.1 Å². The van der Waals surface area contributed by atoms with Crippen molar-refractivity contribution in [3.8, 4) is 5.75 Å². The number of carbonyl (C=O) groups is 1. The molecule has 0 atom stereocenters. The second-order valence-electron chi connectivity index (χ2n) is 6.18. The van der Waals surface area contributed by atoms with E-state index in [1.807, 2.05) is 35.9 Å². The van der Waals surface area contributed by atoms with E-state index in [1.54, 1.807) is 0 Å². The zero-order valence-corrected chi connectivity index (χ0v) is 14.2. The molecule has 0 unspecified atom stereocenters. The van der Waals surface area contributed by atoms with Gasteiger partial charge >= 0.3 is 0 Å². The van der Waals surface area contributed by atoms with Gasteiger partial charge < -0.3 is 4.74 Å². The Bertz CT molecular complexity index is 635. The Hall–Kier alpha value is -2.17. The number of hydrogen-bond acceptors (Lipinski definition) is 4. The third kappa shape index (κ3) is 4.91. The van der Waals surface area contributed by atoms with Crippen molar-refractivity contribution in [3.05, 3.63) is 41.2 Å². The topological polar surface area (TPSA) is 57.0 Å². The lowest BCUT2D eigenvalue weighted by molar-refractivity contribution is 0.111. The first kappa shape index (κ1) is 17.2. The van der Waals surface area contributed by atoms with Crippen molar-refractivity contribution in [1.82, 2.24) is 15.0 Å². The Labute approximate surface area is 137 Å². The minimum Gasteiger partial charge on any atom is -0.493 e. The molecule has 0 bridgehead atoms. The summed E-state index contributed by atoms with van der Waals surface area (Å²) in [5.41, 5.74) is 2.56. The second kappa shape index (κ2) is 8.46. The van der Waals surface area contributed by atoms with Crippen LogP contribution in [0.15, 0.2) is 24.3 Å². The maximum Gasteiger partial charge on any atom is 0.172 e. The Morgan fingerprint density at radius 3 is 2.74 bits per heavy atom. The summed E-state index contributed by atoms with van der Waals surface area (Å²) in [7, 11) is 0. The summed E-state index contributed by atoms with van der Waals surface area (Å²) in [5.74, 6) is 1.41. The van der Waals surface area contributed by atoms with Gasteiger partial charge in [0.05, 0.1) is 12.3 Å². The molecule has 1 aromatic heterocycles. The zero-order chi connectivity index (χ0) is 16.7. The summed E-state index contributed by atoms with van der Waals surface area (Å²) >= 11 is 0. The van der Waals surface area contributed by atoms with Gasteiger partial charge in [-0.15, -0.1) is 5.10 Å². The molecule has 5 nitrogen and oxygen atoms in total. The van der Waals surface area contributed by atoms with Crippen LogP contribution in [-0.2, 0) is 13.0 Å². The van der Waals surface area contributed by atoms with E-state index in [2.05, 4.69) is 24.2 Å². The number of nitrogens with zero attached hydrogens (tertiary/aromatic N) is 3. The van der Waals surface area contributed by atoms with Crippen molar-refractivity contribution in [1.29, 1.82) is 0 Å². The van der Waals surface area contributed by atoms with E-state index in [1.165, 1.54) is 0 Å². The van der Waals surface area contributed by atoms with E-state index < -0.39 is 0 Å². The molecule has 124 valence electrons. The summed E-state index contributed by atoms with van der Waals surface area (Å²) in [6.07, 6.45) is 3.49. The first-order valence-corrected chi connectivity index (χ1v) is 8.17. The maximum atomic E-state index is 11.1. The van der Waals surface area contributed by atoms with Crippen LogP contribution < -0.4 is 4.74 Å². The molecule has 0 spiro atoms. The number of ether oxygens (including phenoxy) is 1. The largest absolute Gasteiger partial charge is 0.493 e. The number of para-hydroxylation sites is 1. The summed E-state index contributed by atoms with van der Waals surface area (Å²) in [6.45, 7) is 7.74. The van der Waals surface area contributed by atoms with Crippen molar-refractivity contribution < 1.29 is 9.53 Å². The molecular weight excluding hydrogens is 290 g/mol. The molecule has 0 saturated carbocycles. The van der Waals surface area contributed by atoms with E-state index in [4.69, 9.17) is 4.74 Å². The Morgan fingerprint density at radius 1 is 1.26 bits per heavy atom. The fourth-order valence-electron chi connectivity index (χ4n) is 2.48. The van der Waals surface area contributed by atoms with Crippen LogP contribution in [0.5, 0.6) is 5.75 Å². The molecule has 2 aromatic rings. The van der Waals surface area contributed by atoms with E-state index in [0.29, 0.717) is 18.2 Å². The van der Waals surface area contributed by atoms with Crippen LogP contribution in [0.25, 0.3) is 0 Å². The number of aromatic nitrogens is 3. The van der Waals surface area contributed by atoms with Gasteiger partial charge in [0.2, 0.25) is 0 Å². The minimum absolute atomic E-state index is 0.467. The van der Waals surface area contributed by atoms with Crippen LogP contribution in [0.3, 0.4) is 0 Å². The highest BCUT2D eigenvalue weighted by atomic mass is 16.5. The number of unbranched alkanes of at least 4 members (excludes halogenated alkanes) is 1. The van der Waals surface area contributed by atoms with Crippen LogP contribution in [0, 0.1) is 12.8 Å². The van der Waals surface area contributed by atoms with Gasteiger partial charge in [0.15, 0.2) is 6.29 Å². The van der Waals surface area contributed by atoms with Gasteiger partial charge in [0.1, 0.15) is 11.4 Å². The summed E-state index contributed by atoms with van der Waals surface area (Å²) < 4.78 is 7.65. The van der Waals surface area contributed by atoms with Gasteiger partial charge in [-0.1, -0.05) is 37.3 Å². The van der Waals surface area contributed by atoms with Gasteiger partial charge in [-0.3, -0.25) is 4.79 Å². The number of rotatable bonds is 9. The van der Waals surface area contributed by atoms with E-state index in [9.17, 15) is 4.79 Å². The second-order valence-corrected chi connectivity index (χ2v) is 6.18. The fraction of sp³-hybridized carbons (Fsp3) is 0.500. The molecule has 2 rings (SSSR count). The Kier molecular flexibility index (Phi) is 6.32. The number of aryl methyl sites for hydroxylation is 2. The Morgan fingerprint density at radius 2 is 2.04 bits per heavy atom. The van der Waals surface area contributed by atoms with Gasteiger partial charge in [-0.25, -0.2) is 4.68 Å². The quantitative estimate of drug-likeness (QED) is 0.525. The molecule has 5 heteroatoms. The van der Waals surface area contributed by atoms with Crippen LogP contribution >= 0.6 is 0 Å². The predicted molar refractivity (Wildman–Crippen MR) is 89.9 cm³/mol. The van der Waals surface area contributed by atoms with Crippen LogP contribution in [-0.4, -0.2) is 27.9 Å². The smallest absolute Gasteiger partial charge is 0.172 e. The molecule has 0 aliphatic heterocycles. The molecule has 0 aliphatic carbocycles. The van der Waals surface area contributed by atoms with E-state index in [-0.39, 0.29) is 0 Å². The monoisotopic (exact) mass is 315 g/mol. The fourth-order valence-corrected chi connectivity index (χ4v) is 2.48. The summed E-state index contributed by atoms with van der Waals surface area (Å²) in [6, 6.07) is 8.03. The number of hydrogen-bond donors (Lipinski definition) is 0. The average Bonchev–Trinajstić information content (AvgIpc) is 2.90. The normalized spacial score (nSPS) is 11.0. The average molecular weight is 315 g/mol. The molecule has 0 amide bonds. The maximum absolute atomic E-state index is 11.1. The number of benzene rings is 1. The van der Waals surface area contributed by atoms with Gasteiger partial charge in [-0.05, 0) is 43.7 Å². The van der Waals surface area contributed by atoms with E-state index >= 15 is 0 Å². The van der Waals surface area contributed by atoms with Gasteiger partial charge in [0, 0.05) is 6.54 Å². The van der Waals surface area contributed by atoms with Crippen LogP contribution in [0.4, 0.5) is 0 Å². The lowest BCUT2D eigenvalue weighted by Gasteiger charge is -2.10. The first-order chi connectivity index (χ1) is 11.1. The highest BCUT2D eigenvalue weighted by molar-refractivity contribution is 5.73. The highest BCUT2D eigenvalue weighted by Gasteiger charge is 2.13. The summed E-state index contributed by atoms with van der Waals surface area (Å²) in [5, 5.41) is 8.06. The number of carbonyl (C=O) groups excluding carboxylic acids is 1. The third-order valence-corrected chi connectivity index (χ3v) is 3.70. The van der Waals surface area contributed by atoms with Crippen molar-refractivity contribution >= 4 is 6.29 Å². The summed E-state index contributed by atoms with van der Waals surface area (Å²) in [4.78, 5) is 11.1. The number of aldehydes is 1. The van der Waals surface area contributed by atoms with Crippen molar-refractivity contribution in [3.63, 3.8) is 0 Å². The lowest BCUT2D eigenvalue weighted by Crippen LogP contribution is -2.10. The Balaban J connectivity index is 1.81. The molecule has 1 aromatic carbocycles. The van der Waals surface area contributed by atoms with Gasteiger partial charge in [0.25, 0.3) is 0 Å². The van der Waals surface area contributed by atoms with Crippen molar-refractivity contribution in [2.45, 2.75) is 46.6 Å². The SMILES string of the molecule is Cc1ccccc1OCCCCn1nnc(C=O)c1CC(C)C. The molecule has 0 fully saturated rings.